The van der Waals surface area contributed by atoms with E-state index in [2.05, 4.69) is 22.5 Å². The van der Waals surface area contributed by atoms with Gasteiger partial charge in [0.2, 0.25) is 11.8 Å². The van der Waals surface area contributed by atoms with Gasteiger partial charge in [-0.3, -0.25) is 9.59 Å². The third-order valence-electron chi connectivity index (χ3n) is 6.94. The molecule has 0 spiro atoms. The Balaban J connectivity index is 1.69. The Hall–Kier alpha value is -2.58. The Bertz CT molecular complexity index is 786. The number of carboxylic acids is 1. The number of carbonyl (C=O) groups excluding carboxylic acids is 3. The molecular formula is C23H36N4O5. The molecule has 0 radical (unpaired) electrons. The van der Waals surface area contributed by atoms with Gasteiger partial charge in [-0.05, 0) is 37.5 Å². The highest BCUT2D eigenvalue weighted by Gasteiger charge is 2.61. The molecule has 2 aliphatic carbocycles. The number of hydrogen-bond acceptors (Lipinski definition) is 4. The summed E-state index contributed by atoms with van der Waals surface area (Å²) in [5.41, 5.74) is -1.90. The van der Waals surface area contributed by atoms with Gasteiger partial charge in [0.25, 0.3) is 0 Å². The molecule has 9 nitrogen and oxygen atoms in total. The van der Waals surface area contributed by atoms with Gasteiger partial charge >= 0.3 is 12.0 Å². The summed E-state index contributed by atoms with van der Waals surface area (Å²) in [5.74, 6) is -2.20. The average Bonchev–Trinajstić information content (AvgIpc) is 3.06. The zero-order valence-electron chi connectivity index (χ0n) is 19.3. The fraction of sp³-hybridized carbons (Fsp3) is 0.739. The molecule has 0 bridgehead atoms. The second-order valence-electron chi connectivity index (χ2n) is 10.4. The minimum Gasteiger partial charge on any atom is -0.479 e. The maximum Gasteiger partial charge on any atom is 0.330 e. The summed E-state index contributed by atoms with van der Waals surface area (Å²) in [7, 11) is 0. The molecule has 0 aromatic rings. The van der Waals surface area contributed by atoms with Crippen molar-refractivity contribution in [2.45, 2.75) is 89.4 Å². The first-order valence-corrected chi connectivity index (χ1v) is 11.5. The summed E-state index contributed by atoms with van der Waals surface area (Å²) in [5, 5.41) is 18.0. The quantitative estimate of drug-likeness (QED) is 0.442. The Labute approximate surface area is 189 Å². The lowest BCUT2D eigenvalue weighted by Crippen LogP contribution is -2.60. The number of urea groups is 1. The fourth-order valence-electron chi connectivity index (χ4n) is 4.86. The predicted molar refractivity (Wildman–Crippen MR) is 119 cm³/mol. The molecule has 3 fully saturated rings. The molecule has 178 valence electrons. The van der Waals surface area contributed by atoms with Crippen LogP contribution < -0.4 is 16.0 Å². The van der Waals surface area contributed by atoms with Crippen molar-refractivity contribution in [2.24, 2.45) is 11.3 Å². The van der Waals surface area contributed by atoms with Crippen LogP contribution in [0, 0.1) is 11.3 Å². The van der Waals surface area contributed by atoms with Crippen molar-refractivity contribution in [3.63, 3.8) is 0 Å². The third-order valence-corrected chi connectivity index (χ3v) is 6.94. The van der Waals surface area contributed by atoms with E-state index in [0.717, 1.165) is 25.7 Å². The first-order chi connectivity index (χ1) is 15.0. The lowest BCUT2D eigenvalue weighted by Gasteiger charge is -2.35. The molecule has 3 aliphatic rings. The number of rotatable bonds is 7. The third kappa shape index (κ3) is 4.91. The average molecular weight is 449 g/mol. The van der Waals surface area contributed by atoms with Crippen molar-refractivity contribution >= 4 is 23.8 Å². The summed E-state index contributed by atoms with van der Waals surface area (Å²) < 4.78 is 0. The Kier molecular flexibility index (Phi) is 6.86. The number of carboxylic acid groups (broad SMARTS) is 1. The number of nitrogens with one attached hydrogen (secondary N) is 3. The van der Waals surface area contributed by atoms with E-state index in [4.69, 9.17) is 0 Å². The van der Waals surface area contributed by atoms with Gasteiger partial charge in [-0.1, -0.05) is 39.7 Å². The molecule has 1 aliphatic heterocycles. The first kappa shape index (κ1) is 24.1. The fourth-order valence-corrected chi connectivity index (χ4v) is 4.86. The Morgan fingerprint density at radius 1 is 1.12 bits per heavy atom. The van der Waals surface area contributed by atoms with Crippen molar-refractivity contribution in [1.29, 1.82) is 0 Å². The van der Waals surface area contributed by atoms with Crippen LogP contribution in [0.4, 0.5) is 4.79 Å². The van der Waals surface area contributed by atoms with Crippen LogP contribution >= 0.6 is 0 Å². The Morgan fingerprint density at radius 3 is 2.31 bits per heavy atom. The van der Waals surface area contributed by atoms with Gasteiger partial charge in [-0.2, -0.15) is 0 Å². The first-order valence-electron chi connectivity index (χ1n) is 11.5. The van der Waals surface area contributed by atoms with E-state index in [9.17, 15) is 24.3 Å². The van der Waals surface area contributed by atoms with Crippen LogP contribution in [-0.4, -0.2) is 64.0 Å². The minimum atomic E-state index is -1.33. The standard InChI is InChI=1S/C23H36N4O5/c1-5-14-13-23(14,20(30)31)26-18(28)16-11-8-12-27(16)19(29)17(22(2,3)4)25-21(32)24-15-9-6-7-10-15/h5,14-17H,1,6-13H2,2-4H3,(H,26,28)(H,30,31)(H2,24,25,32)/t14-,16+,17-,23-/m1/s1. The largest absolute Gasteiger partial charge is 0.479 e. The number of carbonyl (C=O) groups is 4. The van der Waals surface area contributed by atoms with E-state index >= 15 is 0 Å². The van der Waals surface area contributed by atoms with Gasteiger partial charge in [0, 0.05) is 18.5 Å². The molecule has 3 rings (SSSR count). The highest BCUT2D eigenvalue weighted by Crippen LogP contribution is 2.44. The molecule has 0 aromatic carbocycles. The molecule has 1 heterocycles. The molecule has 0 unspecified atom stereocenters. The van der Waals surface area contributed by atoms with E-state index in [0.29, 0.717) is 25.8 Å². The van der Waals surface area contributed by atoms with Crippen LogP contribution in [0.1, 0.15) is 65.7 Å². The predicted octanol–water partition coefficient (Wildman–Crippen LogP) is 1.78. The van der Waals surface area contributed by atoms with Crippen LogP contribution in [0.15, 0.2) is 12.7 Å². The van der Waals surface area contributed by atoms with E-state index < -0.39 is 34.9 Å². The highest BCUT2D eigenvalue weighted by atomic mass is 16.4. The SMILES string of the molecule is C=C[C@@H]1C[C@]1(NC(=O)[C@@H]1CCCN1C(=O)[C@@H](NC(=O)NC1CCCC1)C(C)(C)C)C(=O)O. The van der Waals surface area contributed by atoms with Gasteiger partial charge in [-0.15, -0.1) is 6.58 Å². The van der Waals surface area contributed by atoms with Gasteiger partial charge < -0.3 is 26.0 Å². The lowest BCUT2D eigenvalue weighted by atomic mass is 9.85. The minimum absolute atomic E-state index is 0.125. The van der Waals surface area contributed by atoms with Crippen molar-refractivity contribution < 1.29 is 24.3 Å². The van der Waals surface area contributed by atoms with Gasteiger partial charge in [0.05, 0.1) is 0 Å². The van der Waals surface area contributed by atoms with Gasteiger partial charge in [-0.25, -0.2) is 9.59 Å². The van der Waals surface area contributed by atoms with Crippen LogP contribution in [0.2, 0.25) is 0 Å². The Morgan fingerprint density at radius 2 is 1.78 bits per heavy atom. The molecule has 4 atom stereocenters. The maximum atomic E-state index is 13.5. The summed E-state index contributed by atoms with van der Waals surface area (Å²) in [4.78, 5) is 52.3. The smallest absolute Gasteiger partial charge is 0.330 e. The van der Waals surface area contributed by atoms with Crippen LogP contribution in [0.3, 0.4) is 0 Å². The zero-order valence-corrected chi connectivity index (χ0v) is 19.3. The van der Waals surface area contributed by atoms with Gasteiger partial charge in [0.1, 0.15) is 17.6 Å². The summed E-state index contributed by atoms with van der Waals surface area (Å²) in [6, 6.07) is -1.82. The summed E-state index contributed by atoms with van der Waals surface area (Å²) in [6.45, 7) is 9.64. The molecule has 1 saturated heterocycles. The second-order valence-corrected chi connectivity index (χ2v) is 10.4. The molecule has 32 heavy (non-hydrogen) atoms. The number of hydrogen-bond donors (Lipinski definition) is 4. The molecule has 4 N–H and O–H groups in total. The van der Waals surface area contributed by atoms with Crippen molar-refractivity contribution in [2.75, 3.05) is 6.54 Å². The number of likely N-dealkylation sites (tertiary alicyclic amines) is 1. The second kappa shape index (κ2) is 9.11. The zero-order chi connectivity index (χ0) is 23.7. The maximum absolute atomic E-state index is 13.5. The van der Waals surface area contributed by atoms with Crippen molar-refractivity contribution in [1.82, 2.24) is 20.9 Å². The molecule has 9 heteroatoms. The number of nitrogens with zero attached hydrogens (tertiary/aromatic N) is 1. The summed E-state index contributed by atoms with van der Waals surface area (Å²) in [6.07, 6.45) is 6.97. The molecule has 0 aromatic heterocycles. The van der Waals surface area contributed by atoms with Crippen molar-refractivity contribution in [3.05, 3.63) is 12.7 Å². The van der Waals surface area contributed by atoms with Crippen LogP contribution in [-0.2, 0) is 14.4 Å². The van der Waals surface area contributed by atoms with E-state index in [1.165, 1.54) is 11.0 Å². The van der Waals surface area contributed by atoms with E-state index in [1.807, 2.05) is 20.8 Å². The lowest BCUT2D eigenvalue weighted by molar-refractivity contribution is -0.146. The van der Waals surface area contributed by atoms with Crippen molar-refractivity contribution in [3.8, 4) is 0 Å². The molecule has 4 amide bonds. The normalized spacial score (nSPS) is 28.7. The number of aliphatic carboxylic acids is 1. The summed E-state index contributed by atoms with van der Waals surface area (Å²) >= 11 is 0. The molecule has 2 saturated carbocycles. The van der Waals surface area contributed by atoms with Crippen LogP contribution in [0.25, 0.3) is 0 Å². The topological polar surface area (TPSA) is 128 Å². The van der Waals surface area contributed by atoms with E-state index in [1.54, 1.807) is 0 Å². The van der Waals surface area contributed by atoms with Gasteiger partial charge in [0.15, 0.2) is 0 Å². The van der Waals surface area contributed by atoms with Crippen LogP contribution in [0.5, 0.6) is 0 Å². The number of amides is 4. The molecular weight excluding hydrogens is 412 g/mol. The van der Waals surface area contributed by atoms with E-state index in [-0.39, 0.29) is 23.9 Å². The monoisotopic (exact) mass is 448 g/mol. The highest BCUT2D eigenvalue weighted by molar-refractivity contribution is 5.96.